The highest BCUT2D eigenvalue weighted by atomic mass is 32.1. The molecular weight excluding hydrogens is 240 g/mol. The molecule has 1 aliphatic heterocycles. The first-order valence-corrected chi connectivity index (χ1v) is 8.21. The van der Waals surface area contributed by atoms with E-state index in [-0.39, 0.29) is 0 Å². The predicted molar refractivity (Wildman–Crippen MR) is 80.2 cm³/mol. The Morgan fingerprint density at radius 3 is 3.11 bits per heavy atom. The van der Waals surface area contributed by atoms with Gasteiger partial charge < -0.3 is 10.2 Å². The maximum absolute atomic E-state index is 3.62. The molecule has 0 radical (unpaired) electrons. The van der Waals surface area contributed by atoms with Crippen molar-refractivity contribution in [3.63, 3.8) is 0 Å². The van der Waals surface area contributed by atoms with Crippen molar-refractivity contribution >= 4 is 11.3 Å². The minimum Gasteiger partial charge on any atom is -0.310 e. The van der Waals surface area contributed by atoms with Crippen LogP contribution in [0.4, 0.5) is 0 Å². The fraction of sp³-hybridized carbons (Fsp3) is 0.733. The Morgan fingerprint density at radius 2 is 2.39 bits per heavy atom. The van der Waals surface area contributed by atoms with Crippen molar-refractivity contribution in [1.29, 1.82) is 0 Å². The molecule has 0 aliphatic carbocycles. The van der Waals surface area contributed by atoms with E-state index in [4.69, 9.17) is 0 Å². The van der Waals surface area contributed by atoms with Gasteiger partial charge in [-0.05, 0) is 75.1 Å². The lowest BCUT2D eigenvalue weighted by Gasteiger charge is -2.33. The van der Waals surface area contributed by atoms with Crippen molar-refractivity contribution < 1.29 is 0 Å². The molecule has 0 saturated carbocycles. The Balaban J connectivity index is 1.61. The molecule has 18 heavy (non-hydrogen) atoms. The van der Waals surface area contributed by atoms with Crippen molar-refractivity contribution in [2.75, 3.05) is 19.6 Å². The standard InChI is InChI=1S/C15H26N2S/c1-13-6-3-4-9-17(13)10-5-8-16-14(2)15-7-11-18-12-15/h7,11-14,16H,3-6,8-10H2,1-2H3. The Morgan fingerprint density at radius 1 is 1.50 bits per heavy atom. The minimum atomic E-state index is 0.495. The van der Waals surface area contributed by atoms with Crippen LogP contribution in [-0.2, 0) is 0 Å². The van der Waals surface area contributed by atoms with E-state index in [9.17, 15) is 0 Å². The zero-order valence-corrected chi connectivity index (χ0v) is 12.5. The third kappa shape index (κ3) is 4.08. The molecule has 3 heteroatoms. The van der Waals surface area contributed by atoms with Crippen LogP contribution in [0, 0.1) is 0 Å². The van der Waals surface area contributed by atoms with Crippen LogP contribution in [0.3, 0.4) is 0 Å². The van der Waals surface area contributed by atoms with Crippen molar-refractivity contribution in [2.45, 2.75) is 51.6 Å². The summed E-state index contributed by atoms with van der Waals surface area (Å²) in [6.45, 7) is 8.32. The Hall–Kier alpha value is -0.380. The summed E-state index contributed by atoms with van der Waals surface area (Å²) in [6.07, 6.45) is 5.46. The Bertz CT molecular complexity index is 323. The van der Waals surface area contributed by atoms with E-state index in [0.717, 1.165) is 12.6 Å². The molecule has 0 spiro atoms. The number of hydrogen-bond acceptors (Lipinski definition) is 3. The molecule has 1 fully saturated rings. The summed E-state index contributed by atoms with van der Waals surface area (Å²) in [7, 11) is 0. The molecule has 2 rings (SSSR count). The van der Waals surface area contributed by atoms with Gasteiger partial charge in [-0.3, -0.25) is 0 Å². The zero-order chi connectivity index (χ0) is 12.8. The molecule has 2 heterocycles. The van der Waals surface area contributed by atoms with Crippen LogP contribution >= 0.6 is 11.3 Å². The van der Waals surface area contributed by atoms with Crippen molar-refractivity contribution in [2.24, 2.45) is 0 Å². The molecule has 2 unspecified atom stereocenters. The molecule has 2 atom stereocenters. The molecule has 1 N–H and O–H groups in total. The van der Waals surface area contributed by atoms with E-state index in [1.54, 1.807) is 11.3 Å². The van der Waals surface area contributed by atoms with Gasteiger partial charge >= 0.3 is 0 Å². The van der Waals surface area contributed by atoms with Gasteiger partial charge in [0.2, 0.25) is 0 Å². The smallest absolute Gasteiger partial charge is 0.0300 e. The highest BCUT2D eigenvalue weighted by Gasteiger charge is 2.17. The number of likely N-dealkylation sites (tertiary alicyclic amines) is 1. The van der Waals surface area contributed by atoms with Crippen LogP contribution in [0.15, 0.2) is 16.8 Å². The lowest BCUT2D eigenvalue weighted by molar-refractivity contribution is 0.158. The molecule has 1 aromatic heterocycles. The highest BCUT2D eigenvalue weighted by Crippen LogP contribution is 2.17. The summed E-state index contributed by atoms with van der Waals surface area (Å²) in [5, 5.41) is 8.02. The Kier molecular flexibility index (Phi) is 5.67. The van der Waals surface area contributed by atoms with E-state index in [0.29, 0.717) is 6.04 Å². The number of rotatable bonds is 6. The third-order valence-electron chi connectivity index (χ3n) is 4.06. The lowest BCUT2D eigenvalue weighted by atomic mass is 10.0. The molecule has 0 amide bonds. The molecular formula is C15H26N2S. The van der Waals surface area contributed by atoms with Crippen LogP contribution in [0.2, 0.25) is 0 Å². The average molecular weight is 266 g/mol. The van der Waals surface area contributed by atoms with Crippen molar-refractivity contribution in [1.82, 2.24) is 10.2 Å². The van der Waals surface area contributed by atoms with Crippen LogP contribution < -0.4 is 5.32 Å². The van der Waals surface area contributed by atoms with E-state index in [1.165, 1.54) is 44.3 Å². The van der Waals surface area contributed by atoms with Gasteiger partial charge in [0, 0.05) is 12.1 Å². The predicted octanol–water partition coefficient (Wildman–Crippen LogP) is 3.66. The van der Waals surface area contributed by atoms with Gasteiger partial charge in [-0.15, -0.1) is 0 Å². The fourth-order valence-corrected chi connectivity index (χ4v) is 3.48. The second-order valence-corrected chi connectivity index (χ2v) is 6.25. The largest absolute Gasteiger partial charge is 0.310 e. The molecule has 2 nitrogen and oxygen atoms in total. The second kappa shape index (κ2) is 7.27. The highest BCUT2D eigenvalue weighted by molar-refractivity contribution is 7.07. The third-order valence-corrected chi connectivity index (χ3v) is 4.76. The van der Waals surface area contributed by atoms with Gasteiger partial charge in [0.25, 0.3) is 0 Å². The van der Waals surface area contributed by atoms with Crippen LogP contribution in [0.1, 0.15) is 51.1 Å². The summed E-state index contributed by atoms with van der Waals surface area (Å²) in [5.74, 6) is 0. The summed E-state index contributed by atoms with van der Waals surface area (Å²) in [5.41, 5.74) is 1.42. The molecule has 102 valence electrons. The van der Waals surface area contributed by atoms with E-state index < -0.39 is 0 Å². The second-order valence-electron chi connectivity index (χ2n) is 5.47. The van der Waals surface area contributed by atoms with Gasteiger partial charge in [0.15, 0.2) is 0 Å². The maximum atomic E-state index is 3.62. The van der Waals surface area contributed by atoms with Crippen molar-refractivity contribution in [3.05, 3.63) is 22.4 Å². The Labute approximate surface area is 115 Å². The molecule has 1 aliphatic rings. The number of nitrogens with zero attached hydrogens (tertiary/aromatic N) is 1. The number of hydrogen-bond donors (Lipinski definition) is 1. The molecule has 0 bridgehead atoms. The van der Waals surface area contributed by atoms with Crippen molar-refractivity contribution in [3.8, 4) is 0 Å². The van der Waals surface area contributed by atoms with Gasteiger partial charge in [-0.1, -0.05) is 6.42 Å². The fourth-order valence-electron chi connectivity index (χ4n) is 2.73. The average Bonchev–Trinajstić information content (AvgIpc) is 2.90. The monoisotopic (exact) mass is 266 g/mol. The summed E-state index contributed by atoms with van der Waals surface area (Å²) in [6, 6.07) is 3.51. The first-order chi connectivity index (χ1) is 8.77. The van der Waals surface area contributed by atoms with Gasteiger partial charge in [0.05, 0.1) is 0 Å². The molecule has 1 saturated heterocycles. The van der Waals surface area contributed by atoms with Crippen LogP contribution in [0.25, 0.3) is 0 Å². The SMILES string of the molecule is CC(NCCCN1CCCCC1C)c1ccsc1. The summed E-state index contributed by atoms with van der Waals surface area (Å²) in [4.78, 5) is 2.65. The summed E-state index contributed by atoms with van der Waals surface area (Å²) < 4.78 is 0. The minimum absolute atomic E-state index is 0.495. The molecule has 1 aromatic rings. The van der Waals surface area contributed by atoms with E-state index in [2.05, 4.69) is 40.9 Å². The number of nitrogens with one attached hydrogen (secondary N) is 1. The van der Waals surface area contributed by atoms with Crippen LogP contribution in [-0.4, -0.2) is 30.6 Å². The van der Waals surface area contributed by atoms with Gasteiger partial charge in [-0.25, -0.2) is 0 Å². The topological polar surface area (TPSA) is 15.3 Å². The van der Waals surface area contributed by atoms with Crippen LogP contribution in [0.5, 0.6) is 0 Å². The number of thiophene rings is 1. The normalized spacial score (nSPS) is 23.1. The zero-order valence-electron chi connectivity index (χ0n) is 11.7. The number of piperidine rings is 1. The van der Waals surface area contributed by atoms with E-state index >= 15 is 0 Å². The quantitative estimate of drug-likeness (QED) is 0.790. The van der Waals surface area contributed by atoms with Gasteiger partial charge in [0.1, 0.15) is 0 Å². The molecule has 0 aromatic carbocycles. The van der Waals surface area contributed by atoms with E-state index in [1.807, 2.05) is 0 Å². The first-order valence-electron chi connectivity index (χ1n) is 7.27. The summed E-state index contributed by atoms with van der Waals surface area (Å²) >= 11 is 1.78. The van der Waals surface area contributed by atoms with Gasteiger partial charge in [-0.2, -0.15) is 11.3 Å². The first kappa shape index (κ1) is 14.0. The lowest BCUT2D eigenvalue weighted by Crippen LogP contribution is -2.39. The maximum Gasteiger partial charge on any atom is 0.0300 e.